The Labute approximate surface area is 169 Å². The Kier molecular flexibility index (Phi) is 6.49. The standard InChI is InChI=1S/C21H24N4O2S/c1-5-6-19(21(26)27-4)24(3)28-17-9-7-16(8-10-17)14-25-15(2)23-18-11-12-22-13-20(18)25/h5,7-13,19H,1,6,14H2,2-4H3. The highest BCUT2D eigenvalue weighted by atomic mass is 32.2. The van der Waals surface area contributed by atoms with Crippen LogP contribution in [-0.2, 0) is 16.1 Å². The van der Waals surface area contributed by atoms with Crippen molar-refractivity contribution in [3.05, 3.63) is 66.8 Å². The summed E-state index contributed by atoms with van der Waals surface area (Å²) in [5, 5.41) is 0. The van der Waals surface area contributed by atoms with Crippen LogP contribution in [0, 0.1) is 6.92 Å². The highest BCUT2D eigenvalue weighted by molar-refractivity contribution is 7.97. The molecule has 0 saturated heterocycles. The zero-order valence-corrected chi connectivity index (χ0v) is 17.1. The summed E-state index contributed by atoms with van der Waals surface area (Å²) < 4.78 is 8.96. The van der Waals surface area contributed by atoms with E-state index in [9.17, 15) is 4.79 Å². The summed E-state index contributed by atoms with van der Waals surface area (Å²) in [5.74, 6) is 0.703. The maximum absolute atomic E-state index is 12.0. The van der Waals surface area contributed by atoms with E-state index in [4.69, 9.17) is 4.74 Å². The monoisotopic (exact) mass is 396 g/mol. The van der Waals surface area contributed by atoms with Crippen molar-refractivity contribution in [1.29, 1.82) is 0 Å². The van der Waals surface area contributed by atoms with E-state index in [-0.39, 0.29) is 12.0 Å². The summed E-state index contributed by atoms with van der Waals surface area (Å²) in [5.41, 5.74) is 3.16. The minimum absolute atomic E-state index is 0.261. The van der Waals surface area contributed by atoms with Gasteiger partial charge >= 0.3 is 5.97 Å². The lowest BCUT2D eigenvalue weighted by molar-refractivity contribution is -0.144. The van der Waals surface area contributed by atoms with Crippen molar-refractivity contribution in [2.75, 3.05) is 14.2 Å². The molecule has 1 aromatic carbocycles. The largest absolute Gasteiger partial charge is 0.468 e. The molecule has 0 amide bonds. The molecule has 3 aromatic rings. The summed E-state index contributed by atoms with van der Waals surface area (Å²) in [4.78, 5) is 21.8. The van der Waals surface area contributed by atoms with Crippen LogP contribution in [0.4, 0.5) is 0 Å². The maximum atomic E-state index is 12.0. The van der Waals surface area contributed by atoms with Crippen LogP contribution in [0.3, 0.4) is 0 Å². The van der Waals surface area contributed by atoms with E-state index in [2.05, 4.69) is 45.4 Å². The number of nitrogens with zero attached hydrogens (tertiary/aromatic N) is 4. The van der Waals surface area contributed by atoms with Crippen molar-refractivity contribution in [3.8, 4) is 0 Å². The maximum Gasteiger partial charge on any atom is 0.324 e. The highest BCUT2D eigenvalue weighted by Crippen LogP contribution is 2.26. The second kappa shape index (κ2) is 9.03. The van der Waals surface area contributed by atoms with Gasteiger partial charge in [0.1, 0.15) is 11.9 Å². The number of carbonyl (C=O) groups excluding carboxylic acids is 1. The third-order valence-corrected chi connectivity index (χ3v) is 5.58. The first-order valence-corrected chi connectivity index (χ1v) is 9.76. The van der Waals surface area contributed by atoms with Crippen molar-refractivity contribution in [3.63, 3.8) is 0 Å². The molecule has 0 N–H and O–H groups in total. The molecule has 0 aliphatic carbocycles. The van der Waals surface area contributed by atoms with E-state index < -0.39 is 0 Å². The van der Waals surface area contributed by atoms with Gasteiger partial charge in [-0.2, -0.15) is 0 Å². The van der Waals surface area contributed by atoms with Gasteiger partial charge in [0, 0.05) is 17.6 Å². The van der Waals surface area contributed by atoms with Crippen molar-refractivity contribution in [1.82, 2.24) is 18.8 Å². The fraction of sp³-hybridized carbons (Fsp3) is 0.286. The number of pyridine rings is 1. The molecule has 1 atom stereocenters. The molecule has 2 heterocycles. The number of esters is 1. The smallest absolute Gasteiger partial charge is 0.324 e. The Hall–Kier alpha value is -2.64. The molecule has 7 heteroatoms. The van der Waals surface area contributed by atoms with E-state index in [0.29, 0.717) is 6.42 Å². The van der Waals surface area contributed by atoms with Crippen LogP contribution in [0.25, 0.3) is 11.0 Å². The molecule has 0 aliphatic rings. The molecule has 0 saturated carbocycles. The topological polar surface area (TPSA) is 60.2 Å². The predicted octanol–water partition coefficient (Wildman–Crippen LogP) is 3.84. The zero-order valence-electron chi connectivity index (χ0n) is 16.3. The number of hydrogen-bond donors (Lipinski definition) is 0. The number of methoxy groups -OCH3 is 1. The van der Waals surface area contributed by atoms with Crippen LogP contribution in [0.15, 0.2) is 60.3 Å². The number of ether oxygens (including phenoxy) is 1. The van der Waals surface area contributed by atoms with Gasteiger partial charge in [-0.05, 0) is 56.1 Å². The van der Waals surface area contributed by atoms with Gasteiger partial charge in [0.15, 0.2) is 0 Å². The molecule has 0 aliphatic heterocycles. The van der Waals surface area contributed by atoms with Crippen LogP contribution in [-0.4, -0.2) is 45.0 Å². The SMILES string of the molecule is C=CCC(C(=O)OC)N(C)Sc1ccc(Cn2c(C)nc3ccncc32)cc1. The Bertz CT molecular complexity index is 968. The zero-order chi connectivity index (χ0) is 20.1. The summed E-state index contributed by atoms with van der Waals surface area (Å²) >= 11 is 1.51. The summed E-state index contributed by atoms with van der Waals surface area (Å²) in [6, 6.07) is 9.88. The number of imidazole rings is 1. The Balaban J connectivity index is 1.72. The summed E-state index contributed by atoms with van der Waals surface area (Å²) in [7, 11) is 3.29. The van der Waals surface area contributed by atoms with Crippen molar-refractivity contribution in [2.24, 2.45) is 0 Å². The Morgan fingerprint density at radius 3 is 2.79 bits per heavy atom. The fourth-order valence-electron chi connectivity index (χ4n) is 3.05. The number of hydrogen-bond acceptors (Lipinski definition) is 6. The van der Waals surface area contributed by atoms with Crippen LogP contribution in [0.2, 0.25) is 0 Å². The van der Waals surface area contributed by atoms with E-state index in [1.807, 2.05) is 30.5 Å². The molecule has 2 aromatic heterocycles. The molecule has 1 unspecified atom stereocenters. The normalized spacial score (nSPS) is 12.3. The lowest BCUT2D eigenvalue weighted by Crippen LogP contribution is -2.34. The van der Waals surface area contributed by atoms with Gasteiger partial charge in [-0.25, -0.2) is 9.29 Å². The van der Waals surface area contributed by atoms with Gasteiger partial charge in [0.05, 0.1) is 24.3 Å². The molecular weight excluding hydrogens is 372 g/mol. The molecular formula is C21H24N4O2S. The van der Waals surface area contributed by atoms with Gasteiger partial charge < -0.3 is 9.30 Å². The molecule has 3 rings (SSSR count). The van der Waals surface area contributed by atoms with Gasteiger partial charge in [-0.1, -0.05) is 18.2 Å². The van der Waals surface area contributed by atoms with Crippen LogP contribution in [0.1, 0.15) is 17.8 Å². The van der Waals surface area contributed by atoms with E-state index >= 15 is 0 Å². The van der Waals surface area contributed by atoms with Gasteiger partial charge in [-0.3, -0.25) is 9.78 Å². The lowest BCUT2D eigenvalue weighted by atomic mass is 10.2. The molecule has 0 radical (unpaired) electrons. The van der Waals surface area contributed by atoms with Crippen molar-refractivity contribution < 1.29 is 9.53 Å². The van der Waals surface area contributed by atoms with Crippen LogP contribution in [0.5, 0.6) is 0 Å². The van der Waals surface area contributed by atoms with Gasteiger partial charge in [-0.15, -0.1) is 6.58 Å². The number of carbonyl (C=O) groups is 1. The first kappa shape index (κ1) is 20.1. The van der Waals surface area contributed by atoms with E-state index in [1.165, 1.54) is 24.6 Å². The average Bonchev–Trinajstić information content (AvgIpc) is 3.02. The first-order valence-electron chi connectivity index (χ1n) is 8.98. The average molecular weight is 397 g/mol. The first-order chi connectivity index (χ1) is 13.5. The summed E-state index contributed by atoms with van der Waals surface area (Å²) in [6.45, 7) is 6.46. The minimum atomic E-state index is -0.361. The predicted molar refractivity (Wildman–Crippen MR) is 112 cm³/mol. The molecule has 0 bridgehead atoms. The highest BCUT2D eigenvalue weighted by Gasteiger charge is 2.23. The van der Waals surface area contributed by atoms with Crippen molar-refractivity contribution in [2.45, 2.75) is 30.8 Å². The quantitative estimate of drug-likeness (QED) is 0.327. The van der Waals surface area contributed by atoms with Crippen molar-refractivity contribution >= 4 is 29.0 Å². The third-order valence-electron chi connectivity index (χ3n) is 4.56. The van der Waals surface area contributed by atoms with Crippen LogP contribution < -0.4 is 0 Å². The molecule has 6 nitrogen and oxygen atoms in total. The second-order valence-electron chi connectivity index (χ2n) is 6.45. The molecule has 28 heavy (non-hydrogen) atoms. The van der Waals surface area contributed by atoms with E-state index in [1.54, 1.807) is 12.3 Å². The number of aryl methyl sites for hydroxylation is 1. The Morgan fingerprint density at radius 2 is 2.11 bits per heavy atom. The minimum Gasteiger partial charge on any atom is -0.468 e. The van der Waals surface area contributed by atoms with Crippen LogP contribution >= 0.6 is 11.9 Å². The molecule has 146 valence electrons. The molecule has 0 spiro atoms. The molecule has 0 fully saturated rings. The number of benzene rings is 1. The summed E-state index contributed by atoms with van der Waals surface area (Å²) in [6.07, 6.45) is 5.88. The number of rotatable bonds is 8. The van der Waals surface area contributed by atoms with Gasteiger partial charge in [0.2, 0.25) is 0 Å². The second-order valence-corrected chi connectivity index (χ2v) is 7.68. The number of likely N-dealkylation sites (N-methyl/N-ethyl adjacent to an activating group) is 1. The fourth-order valence-corrected chi connectivity index (χ4v) is 3.93. The number of aromatic nitrogens is 3. The van der Waals surface area contributed by atoms with E-state index in [0.717, 1.165) is 28.3 Å². The lowest BCUT2D eigenvalue weighted by Gasteiger charge is -2.23. The number of fused-ring (bicyclic) bond motifs is 1. The third kappa shape index (κ3) is 4.43. The Morgan fingerprint density at radius 1 is 1.36 bits per heavy atom. The van der Waals surface area contributed by atoms with Gasteiger partial charge in [0.25, 0.3) is 0 Å².